The van der Waals surface area contributed by atoms with E-state index in [4.69, 9.17) is 0 Å². The molecule has 0 aromatic heterocycles. The summed E-state index contributed by atoms with van der Waals surface area (Å²) >= 11 is 0. The summed E-state index contributed by atoms with van der Waals surface area (Å²) < 4.78 is 27.5. The molecule has 1 fully saturated rings. The van der Waals surface area contributed by atoms with Crippen LogP contribution in [0.15, 0.2) is 55.1 Å². The van der Waals surface area contributed by atoms with Gasteiger partial charge in [0.15, 0.2) is 5.78 Å². The van der Waals surface area contributed by atoms with Crippen LogP contribution in [0.3, 0.4) is 0 Å². The normalized spacial score (nSPS) is 15.3. The monoisotopic (exact) mass is 414 g/mol. The third-order valence-corrected chi connectivity index (χ3v) is 5.43. The van der Waals surface area contributed by atoms with Gasteiger partial charge in [0.2, 0.25) is 0 Å². The Balaban J connectivity index is 2.16. The van der Waals surface area contributed by atoms with Crippen molar-refractivity contribution in [1.29, 1.82) is 0 Å². The number of Topliss-reactive ketones (excluding diaryl/α,β-unsaturated/α-hetero) is 1. The van der Waals surface area contributed by atoms with E-state index in [-0.39, 0.29) is 43.0 Å². The van der Waals surface area contributed by atoms with Crippen molar-refractivity contribution >= 4 is 17.2 Å². The molecule has 0 heterocycles. The summed E-state index contributed by atoms with van der Waals surface area (Å²) in [7, 11) is 0. The number of rotatable bonds is 9. The van der Waals surface area contributed by atoms with Gasteiger partial charge >= 0.3 is 0 Å². The van der Waals surface area contributed by atoms with Crippen molar-refractivity contribution in [3.05, 3.63) is 81.9 Å². The van der Waals surface area contributed by atoms with Crippen LogP contribution in [-0.2, 0) is 13.0 Å². The number of nitro benzene ring substituents is 1. The molecular formula is C23H24F2N2O3. The second kappa shape index (κ2) is 8.73. The Hall–Kier alpha value is -3.09. The number of hydrogen-bond donors (Lipinski definition) is 0. The van der Waals surface area contributed by atoms with Gasteiger partial charge in [-0.25, -0.2) is 8.78 Å². The van der Waals surface area contributed by atoms with Crippen molar-refractivity contribution < 1.29 is 18.5 Å². The molecule has 2 aromatic carbocycles. The maximum atomic E-state index is 13.7. The third kappa shape index (κ3) is 4.40. The van der Waals surface area contributed by atoms with Crippen LogP contribution >= 0.6 is 0 Å². The molecule has 2 aromatic rings. The van der Waals surface area contributed by atoms with Gasteiger partial charge in [-0.15, -0.1) is 6.58 Å². The van der Waals surface area contributed by atoms with Crippen molar-refractivity contribution in [2.75, 3.05) is 4.90 Å². The van der Waals surface area contributed by atoms with Crippen LogP contribution in [0.1, 0.15) is 47.7 Å². The van der Waals surface area contributed by atoms with Gasteiger partial charge in [0.1, 0.15) is 5.69 Å². The molecule has 5 nitrogen and oxygen atoms in total. The average Bonchev–Trinajstić information content (AvgIpc) is 2.70. The number of carbonyl (C=O) groups excluding carboxylic acids is 1. The van der Waals surface area contributed by atoms with Gasteiger partial charge in [-0.3, -0.25) is 14.9 Å². The summed E-state index contributed by atoms with van der Waals surface area (Å²) in [6.45, 7) is 5.64. The lowest BCUT2D eigenvalue weighted by molar-refractivity contribution is -0.384. The summed E-state index contributed by atoms with van der Waals surface area (Å²) in [6.07, 6.45) is 1.21. The zero-order valence-electron chi connectivity index (χ0n) is 16.8. The Bertz CT molecular complexity index is 952. The van der Waals surface area contributed by atoms with E-state index in [1.165, 1.54) is 18.2 Å². The number of halogens is 2. The molecule has 0 bridgehead atoms. The van der Waals surface area contributed by atoms with Gasteiger partial charge in [-0.05, 0) is 23.6 Å². The SMILES string of the molecule is C=CCC(=O)c1ccc([N+](=O)[O-])c(N(Cc2ccccc2)C2CC(F)(F)C2)c1CC. The van der Waals surface area contributed by atoms with Crippen molar-refractivity contribution in [3.8, 4) is 0 Å². The molecule has 158 valence electrons. The average molecular weight is 414 g/mol. The van der Waals surface area contributed by atoms with Crippen LogP contribution in [0.25, 0.3) is 0 Å². The molecule has 0 atom stereocenters. The van der Waals surface area contributed by atoms with E-state index < -0.39 is 16.9 Å². The van der Waals surface area contributed by atoms with E-state index in [2.05, 4.69) is 6.58 Å². The lowest BCUT2D eigenvalue weighted by Gasteiger charge is -2.44. The summed E-state index contributed by atoms with van der Waals surface area (Å²) in [4.78, 5) is 25.6. The number of carbonyl (C=O) groups is 1. The highest BCUT2D eigenvalue weighted by molar-refractivity contribution is 6.00. The molecule has 1 aliphatic rings. The zero-order valence-corrected chi connectivity index (χ0v) is 16.8. The van der Waals surface area contributed by atoms with Gasteiger partial charge in [-0.2, -0.15) is 0 Å². The number of hydrogen-bond acceptors (Lipinski definition) is 4. The molecule has 0 N–H and O–H groups in total. The standard InChI is InChI=1S/C23H24F2N2O3/c1-3-8-21(28)19-11-12-20(27(29)30)22(18(19)4-2)26(17-13-23(24,25)14-17)15-16-9-6-5-7-10-16/h3,5-7,9-12,17H,1,4,8,13-15H2,2H3. The lowest BCUT2D eigenvalue weighted by atomic mass is 9.85. The first-order chi connectivity index (χ1) is 14.3. The summed E-state index contributed by atoms with van der Waals surface area (Å²) in [5, 5.41) is 11.8. The molecule has 0 radical (unpaired) electrons. The maximum Gasteiger partial charge on any atom is 0.292 e. The highest BCUT2D eigenvalue weighted by Gasteiger charge is 2.49. The van der Waals surface area contributed by atoms with Gasteiger partial charge in [0, 0.05) is 43.5 Å². The molecule has 0 amide bonds. The van der Waals surface area contributed by atoms with Crippen molar-refractivity contribution in [1.82, 2.24) is 0 Å². The van der Waals surface area contributed by atoms with E-state index in [1.54, 1.807) is 4.90 Å². The summed E-state index contributed by atoms with van der Waals surface area (Å²) in [5.41, 5.74) is 1.84. The van der Waals surface area contributed by atoms with Crippen LogP contribution in [0.2, 0.25) is 0 Å². The van der Waals surface area contributed by atoms with E-state index in [0.29, 0.717) is 17.5 Å². The second-order valence-corrected chi connectivity index (χ2v) is 7.52. The van der Waals surface area contributed by atoms with E-state index in [0.717, 1.165) is 5.56 Å². The highest BCUT2D eigenvalue weighted by Crippen LogP contribution is 2.46. The first-order valence-corrected chi connectivity index (χ1v) is 9.90. The summed E-state index contributed by atoms with van der Waals surface area (Å²) in [5.74, 6) is -2.98. The predicted octanol–water partition coefficient (Wildman–Crippen LogP) is 5.72. The molecular weight excluding hydrogens is 390 g/mol. The van der Waals surface area contributed by atoms with Crippen LogP contribution in [0.5, 0.6) is 0 Å². The Morgan fingerprint density at radius 1 is 1.27 bits per heavy atom. The molecule has 0 saturated heterocycles. The fourth-order valence-corrected chi connectivity index (χ4v) is 3.97. The Morgan fingerprint density at radius 2 is 1.93 bits per heavy atom. The molecule has 3 rings (SSSR count). The smallest absolute Gasteiger partial charge is 0.292 e. The number of anilines is 1. The number of ketones is 1. The number of nitro groups is 1. The van der Waals surface area contributed by atoms with Gasteiger partial charge in [0.05, 0.1) is 4.92 Å². The second-order valence-electron chi connectivity index (χ2n) is 7.52. The van der Waals surface area contributed by atoms with Crippen molar-refractivity contribution in [2.45, 2.75) is 51.1 Å². The van der Waals surface area contributed by atoms with E-state index in [9.17, 15) is 23.7 Å². The fraction of sp³-hybridized carbons (Fsp3) is 0.348. The minimum Gasteiger partial charge on any atom is -0.358 e. The minimum atomic E-state index is -2.78. The Morgan fingerprint density at radius 3 is 2.47 bits per heavy atom. The fourth-order valence-electron chi connectivity index (χ4n) is 3.97. The van der Waals surface area contributed by atoms with Crippen molar-refractivity contribution in [3.63, 3.8) is 0 Å². The first-order valence-electron chi connectivity index (χ1n) is 9.90. The molecule has 0 aliphatic heterocycles. The predicted molar refractivity (Wildman–Crippen MR) is 112 cm³/mol. The number of allylic oxidation sites excluding steroid dienone is 1. The van der Waals surface area contributed by atoms with Gasteiger partial charge in [-0.1, -0.05) is 43.3 Å². The van der Waals surface area contributed by atoms with Gasteiger partial charge < -0.3 is 4.90 Å². The van der Waals surface area contributed by atoms with Gasteiger partial charge in [0.25, 0.3) is 11.6 Å². The molecule has 7 heteroatoms. The van der Waals surface area contributed by atoms with Crippen LogP contribution in [0, 0.1) is 10.1 Å². The number of nitrogens with zero attached hydrogens (tertiary/aromatic N) is 2. The molecule has 1 saturated carbocycles. The van der Waals surface area contributed by atoms with Crippen LogP contribution in [-0.4, -0.2) is 22.7 Å². The topological polar surface area (TPSA) is 63.4 Å². The Kier molecular flexibility index (Phi) is 6.29. The lowest BCUT2D eigenvalue weighted by Crippen LogP contribution is -2.51. The minimum absolute atomic E-state index is 0.102. The van der Waals surface area contributed by atoms with E-state index >= 15 is 0 Å². The van der Waals surface area contributed by atoms with E-state index in [1.807, 2.05) is 37.3 Å². The Labute approximate surface area is 174 Å². The molecule has 0 spiro atoms. The molecule has 30 heavy (non-hydrogen) atoms. The van der Waals surface area contributed by atoms with Crippen LogP contribution < -0.4 is 4.90 Å². The highest BCUT2D eigenvalue weighted by atomic mass is 19.3. The maximum absolute atomic E-state index is 13.7. The third-order valence-electron chi connectivity index (χ3n) is 5.43. The van der Waals surface area contributed by atoms with Crippen LogP contribution in [0.4, 0.5) is 20.2 Å². The molecule has 1 aliphatic carbocycles. The van der Waals surface area contributed by atoms with Crippen molar-refractivity contribution in [2.24, 2.45) is 0 Å². The number of benzene rings is 2. The summed E-state index contributed by atoms with van der Waals surface area (Å²) in [6, 6.07) is 11.4. The first kappa shape index (κ1) is 21.6. The number of alkyl halides is 2. The largest absolute Gasteiger partial charge is 0.358 e. The molecule has 0 unspecified atom stereocenters. The zero-order chi connectivity index (χ0) is 21.9. The quantitative estimate of drug-likeness (QED) is 0.228.